The second kappa shape index (κ2) is 8.90. The molecule has 0 aliphatic heterocycles. The van der Waals surface area contributed by atoms with Gasteiger partial charge in [0, 0.05) is 26.3 Å². The number of para-hydroxylation sites is 1. The van der Waals surface area contributed by atoms with Gasteiger partial charge in [0.05, 0.1) is 22.5 Å². The average Bonchev–Trinajstić information content (AvgIpc) is 3.18. The summed E-state index contributed by atoms with van der Waals surface area (Å²) < 4.78 is 2.97. The topological polar surface area (TPSA) is 85.1 Å². The number of hydrogen-bond donors (Lipinski definition) is 1. The Kier molecular flexibility index (Phi) is 6.00. The summed E-state index contributed by atoms with van der Waals surface area (Å²) in [5, 5.41) is 12.7. The van der Waals surface area contributed by atoms with Crippen molar-refractivity contribution in [1.29, 1.82) is 0 Å². The summed E-state index contributed by atoms with van der Waals surface area (Å²) in [6.07, 6.45) is 0. The van der Waals surface area contributed by atoms with E-state index in [2.05, 4.69) is 15.5 Å². The largest absolute Gasteiger partial charge is 0.378 e. The van der Waals surface area contributed by atoms with E-state index in [1.807, 2.05) is 87.4 Å². The van der Waals surface area contributed by atoms with Crippen molar-refractivity contribution in [3.05, 3.63) is 81.9 Å². The molecule has 0 aliphatic rings. The lowest BCUT2D eigenvalue weighted by molar-refractivity contribution is -0.124. The number of carbonyl (C=O) groups is 1. The quantitative estimate of drug-likeness (QED) is 0.494. The standard InChI is InChI=1S/C25H28N6O2/c1-16-22-17(2)30(21-9-7-6-8-10-21)28-23(22)25(33)31(27-16)18(3)24(32)26-15-19-11-13-20(14-12-19)29(4)5/h6-14,18H,15H2,1-5H3,(H,26,32). The van der Waals surface area contributed by atoms with E-state index in [4.69, 9.17) is 0 Å². The lowest BCUT2D eigenvalue weighted by Crippen LogP contribution is -2.37. The normalized spacial score (nSPS) is 12.0. The lowest BCUT2D eigenvalue weighted by Gasteiger charge is -2.16. The molecule has 1 atom stereocenters. The molecule has 0 bridgehead atoms. The first-order valence-corrected chi connectivity index (χ1v) is 10.9. The number of nitrogens with zero attached hydrogens (tertiary/aromatic N) is 5. The molecule has 2 heterocycles. The van der Waals surface area contributed by atoms with Gasteiger partial charge in [-0.3, -0.25) is 9.59 Å². The Balaban J connectivity index is 1.60. The summed E-state index contributed by atoms with van der Waals surface area (Å²) >= 11 is 0. The molecular formula is C25H28N6O2. The van der Waals surface area contributed by atoms with Crippen LogP contribution in [-0.4, -0.2) is 39.6 Å². The van der Waals surface area contributed by atoms with E-state index in [0.717, 1.165) is 22.6 Å². The molecule has 1 unspecified atom stereocenters. The SMILES string of the molecule is Cc1nn(C(C)C(=O)NCc2ccc(N(C)C)cc2)c(=O)c2nn(-c3ccccc3)c(C)c12. The van der Waals surface area contributed by atoms with E-state index < -0.39 is 6.04 Å². The van der Waals surface area contributed by atoms with Gasteiger partial charge in [-0.1, -0.05) is 30.3 Å². The predicted molar refractivity (Wildman–Crippen MR) is 130 cm³/mol. The zero-order valence-corrected chi connectivity index (χ0v) is 19.5. The highest BCUT2D eigenvalue weighted by molar-refractivity contribution is 5.84. The number of amides is 1. The Hall–Kier alpha value is -3.94. The minimum atomic E-state index is -0.774. The Labute approximate surface area is 192 Å². The number of aromatic nitrogens is 4. The van der Waals surface area contributed by atoms with Crippen molar-refractivity contribution in [2.45, 2.75) is 33.4 Å². The molecule has 0 spiro atoms. The van der Waals surface area contributed by atoms with Crippen molar-refractivity contribution in [2.24, 2.45) is 0 Å². The van der Waals surface area contributed by atoms with Gasteiger partial charge >= 0.3 is 0 Å². The molecule has 0 aliphatic carbocycles. The maximum absolute atomic E-state index is 13.2. The summed E-state index contributed by atoms with van der Waals surface area (Å²) in [4.78, 5) is 28.1. The number of aryl methyl sites for hydroxylation is 2. The average molecular weight is 445 g/mol. The van der Waals surface area contributed by atoms with Gasteiger partial charge < -0.3 is 10.2 Å². The fourth-order valence-electron chi connectivity index (χ4n) is 3.89. The molecular weight excluding hydrogens is 416 g/mol. The van der Waals surface area contributed by atoms with Gasteiger partial charge in [0.2, 0.25) is 5.91 Å². The second-order valence-electron chi connectivity index (χ2n) is 8.35. The number of benzene rings is 2. The minimum Gasteiger partial charge on any atom is -0.378 e. The van der Waals surface area contributed by atoms with Crippen LogP contribution in [0.1, 0.15) is 29.9 Å². The smallest absolute Gasteiger partial charge is 0.295 e. The Morgan fingerprint density at radius 3 is 2.33 bits per heavy atom. The molecule has 1 amide bonds. The van der Waals surface area contributed by atoms with Crippen LogP contribution in [0.4, 0.5) is 5.69 Å². The van der Waals surface area contributed by atoms with Gasteiger partial charge in [-0.25, -0.2) is 9.36 Å². The molecule has 170 valence electrons. The van der Waals surface area contributed by atoms with E-state index in [1.165, 1.54) is 4.68 Å². The summed E-state index contributed by atoms with van der Waals surface area (Å²) in [6.45, 7) is 5.79. The predicted octanol–water partition coefficient (Wildman–Crippen LogP) is 3.14. The van der Waals surface area contributed by atoms with Crippen molar-refractivity contribution in [2.75, 3.05) is 19.0 Å². The third-order valence-electron chi connectivity index (χ3n) is 5.81. The summed E-state index contributed by atoms with van der Waals surface area (Å²) in [6, 6.07) is 16.8. The van der Waals surface area contributed by atoms with Crippen LogP contribution in [0.15, 0.2) is 59.4 Å². The van der Waals surface area contributed by atoms with Gasteiger partial charge in [0.15, 0.2) is 5.52 Å². The monoisotopic (exact) mass is 444 g/mol. The highest BCUT2D eigenvalue weighted by atomic mass is 16.2. The van der Waals surface area contributed by atoms with Crippen LogP contribution in [0.2, 0.25) is 0 Å². The fourth-order valence-corrected chi connectivity index (χ4v) is 3.89. The van der Waals surface area contributed by atoms with Crippen LogP contribution in [0.5, 0.6) is 0 Å². The molecule has 8 heteroatoms. The first-order chi connectivity index (χ1) is 15.8. The maximum Gasteiger partial charge on any atom is 0.295 e. The van der Waals surface area contributed by atoms with Crippen molar-refractivity contribution in [3.63, 3.8) is 0 Å². The van der Waals surface area contributed by atoms with Crippen LogP contribution in [0.3, 0.4) is 0 Å². The number of rotatable bonds is 6. The Bertz CT molecular complexity index is 1350. The number of fused-ring (bicyclic) bond motifs is 1. The highest BCUT2D eigenvalue weighted by Gasteiger charge is 2.23. The van der Waals surface area contributed by atoms with Gasteiger partial charge in [0.1, 0.15) is 6.04 Å². The molecule has 0 saturated heterocycles. The van der Waals surface area contributed by atoms with Crippen LogP contribution in [-0.2, 0) is 11.3 Å². The third-order valence-corrected chi connectivity index (χ3v) is 5.81. The molecule has 33 heavy (non-hydrogen) atoms. The maximum atomic E-state index is 13.2. The molecule has 1 N–H and O–H groups in total. The first kappa shape index (κ1) is 22.3. The van der Waals surface area contributed by atoms with E-state index in [-0.39, 0.29) is 11.5 Å². The molecule has 0 radical (unpaired) electrons. The molecule has 8 nitrogen and oxygen atoms in total. The number of nitrogens with one attached hydrogen (secondary N) is 1. The van der Waals surface area contributed by atoms with Crippen molar-refractivity contribution in [1.82, 2.24) is 24.9 Å². The van der Waals surface area contributed by atoms with Crippen LogP contribution in [0, 0.1) is 13.8 Å². The molecule has 0 fully saturated rings. The van der Waals surface area contributed by atoms with E-state index in [1.54, 1.807) is 11.6 Å². The zero-order valence-electron chi connectivity index (χ0n) is 19.5. The van der Waals surface area contributed by atoms with Crippen LogP contribution < -0.4 is 15.8 Å². The van der Waals surface area contributed by atoms with Crippen molar-refractivity contribution < 1.29 is 4.79 Å². The van der Waals surface area contributed by atoms with Gasteiger partial charge in [-0.2, -0.15) is 10.2 Å². The Morgan fingerprint density at radius 1 is 1.03 bits per heavy atom. The number of hydrogen-bond acceptors (Lipinski definition) is 5. The molecule has 4 aromatic rings. The molecule has 2 aromatic carbocycles. The highest BCUT2D eigenvalue weighted by Crippen LogP contribution is 2.21. The van der Waals surface area contributed by atoms with Crippen LogP contribution in [0.25, 0.3) is 16.6 Å². The molecule has 4 rings (SSSR count). The summed E-state index contributed by atoms with van der Waals surface area (Å²) in [5.74, 6) is -0.278. The zero-order chi connectivity index (χ0) is 23.7. The van der Waals surface area contributed by atoms with Gasteiger partial charge in [-0.15, -0.1) is 0 Å². The van der Waals surface area contributed by atoms with Gasteiger partial charge in [-0.05, 0) is 50.6 Å². The fraction of sp³-hybridized carbons (Fsp3) is 0.280. The third kappa shape index (κ3) is 4.24. The van der Waals surface area contributed by atoms with E-state index >= 15 is 0 Å². The minimum absolute atomic E-state index is 0.278. The number of anilines is 1. The van der Waals surface area contributed by atoms with Gasteiger partial charge in [0.25, 0.3) is 5.56 Å². The summed E-state index contributed by atoms with van der Waals surface area (Å²) in [5.41, 5.74) is 4.34. The van der Waals surface area contributed by atoms with E-state index in [9.17, 15) is 9.59 Å². The Morgan fingerprint density at radius 2 is 1.70 bits per heavy atom. The number of carbonyl (C=O) groups excluding carboxylic acids is 1. The second-order valence-corrected chi connectivity index (χ2v) is 8.35. The van der Waals surface area contributed by atoms with Crippen LogP contribution >= 0.6 is 0 Å². The van der Waals surface area contributed by atoms with Crippen molar-refractivity contribution in [3.8, 4) is 5.69 Å². The molecule has 2 aromatic heterocycles. The molecule has 0 saturated carbocycles. The van der Waals surface area contributed by atoms with E-state index in [0.29, 0.717) is 23.1 Å². The lowest BCUT2D eigenvalue weighted by atomic mass is 10.2. The first-order valence-electron chi connectivity index (χ1n) is 10.9. The van der Waals surface area contributed by atoms with Crippen molar-refractivity contribution >= 4 is 22.5 Å². The summed E-state index contributed by atoms with van der Waals surface area (Å²) in [7, 11) is 3.96.